The first kappa shape index (κ1) is 17.6. The molecule has 2 N–H and O–H groups in total. The third-order valence-corrected chi connectivity index (χ3v) is 4.71. The van der Waals surface area contributed by atoms with Crippen molar-refractivity contribution in [2.24, 2.45) is 0 Å². The van der Waals surface area contributed by atoms with Gasteiger partial charge in [0.15, 0.2) is 11.5 Å². The first-order valence-corrected chi connectivity index (χ1v) is 7.84. The maximum Gasteiger partial charge on any atom is 0.179 e. The van der Waals surface area contributed by atoms with Crippen molar-refractivity contribution < 1.29 is 19.7 Å². The molecule has 0 radical (unpaired) electrons. The number of methoxy groups -OCH3 is 2. The molecular weight excluding hydrogens is 329 g/mol. The molecule has 22 heavy (non-hydrogen) atoms. The Kier molecular flexibility index (Phi) is 5.80. The second-order valence-corrected chi connectivity index (χ2v) is 6.37. The van der Waals surface area contributed by atoms with Gasteiger partial charge in [-0.2, -0.15) is 0 Å². The van der Waals surface area contributed by atoms with E-state index in [1.807, 2.05) is 4.90 Å². The van der Waals surface area contributed by atoms with Gasteiger partial charge in [0, 0.05) is 24.7 Å². The van der Waals surface area contributed by atoms with Gasteiger partial charge in [-0.25, -0.2) is 0 Å². The van der Waals surface area contributed by atoms with Crippen LogP contribution >= 0.6 is 23.2 Å². The topological polar surface area (TPSA) is 62.2 Å². The minimum atomic E-state index is -1.06. The minimum Gasteiger partial charge on any atom is -0.493 e. The molecule has 1 aromatic rings. The Balaban J connectivity index is 2.26. The van der Waals surface area contributed by atoms with Crippen molar-refractivity contribution in [2.45, 2.75) is 25.0 Å². The van der Waals surface area contributed by atoms with Crippen molar-refractivity contribution in [1.82, 2.24) is 4.90 Å². The first-order valence-electron chi connectivity index (χ1n) is 7.08. The molecule has 1 aliphatic rings. The van der Waals surface area contributed by atoms with Crippen LogP contribution in [0.15, 0.2) is 6.07 Å². The molecule has 1 heterocycles. The molecule has 124 valence electrons. The highest BCUT2D eigenvalue weighted by Crippen LogP contribution is 2.42. The molecule has 1 fully saturated rings. The van der Waals surface area contributed by atoms with E-state index in [1.54, 1.807) is 6.07 Å². The van der Waals surface area contributed by atoms with Crippen LogP contribution in [0.2, 0.25) is 10.0 Å². The Hall–Kier alpha value is -0.720. The molecule has 1 atom stereocenters. The molecule has 0 bridgehead atoms. The molecule has 2 rings (SSSR count). The second kappa shape index (κ2) is 7.23. The first-order chi connectivity index (χ1) is 10.4. The average molecular weight is 350 g/mol. The monoisotopic (exact) mass is 349 g/mol. The number of benzene rings is 1. The average Bonchev–Trinajstić information content (AvgIpc) is 2.51. The van der Waals surface area contributed by atoms with E-state index in [2.05, 4.69) is 0 Å². The molecule has 0 aromatic heterocycles. The van der Waals surface area contributed by atoms with Crippen molar-refractivity contribution in [3.63, 3.8) is 0 Å². The lowest BCUT2D eigenvalue weighted by molar-refractivity contribution is -0.0687. The highest BCUT2D eigenvalue weighted by molar-refractivity contribution is 6.37. The fourth-order valence-corrected chi connectivity index (χ4v) is 3.43. The van der Waals surface area contributed by atoms with E-state index in [4.69, 9.17) is 32.7 Å². The van der Waals surface area contributed by atoms with Gasteiger partial charge in [-0.1, -0.05) is 23.2 Å². The molecule has 0 saturated carbocycles. The van der Waals surface area contributed by atoms with Crippen LogP contribution in [0.5, 0.6) is 11.5 Å². The van der Waals surface area contributed by atoms with Crippen molar-refractivity contribution in [1.29, 1.82) is 0 Å². The third kappa shape index (κ3) is 3.60. The lowest BCUT2D eigenvalue weighted by atomic mass is 9.93. The maximum absolute atomic E-state index is 10.2. The van der Waals surface area contributed by atoms with Gasteiger partial charge in [-0.15, -0.1) is 0 Å². The van der Waals surface area contributed by atoms with Gasteiger partial charge in [-0.3, -0.25) is 4.90 Å². The fraction of sp³-hybridized carbons (Fsp3) is 0.600. The summed E-state index contributed by atoms with van der Waals surface area (Å²) in [6.07, 6.45) is 1.40. The molecule has 7 heteroatoms. The number of hydrogen-bond donors (Lipinski definition) is 2. The summed E-state index contributed by atoms with van der Waals surface area (Å²) < 4.78 is 10.5. The summed E-state index contributed by atoms with van der Waals surface area (Å²) in [4.78, 5) is 2.03. The number of aliphatic hydroxyl groups is 2. The summed E-state index contributed by atoms with van der Waals surface area (Å²) >= 11 is 12.7. The maximum atomic E-state index is 10.2. The van der Waals surface area contributed by atoms with E-state index < -0.39 is 5.60 Å². The smallest absolute Gasteiger partial charge is 0.179 e. The van der Waals surface area contributed by atoms with E-state index in [1.165, 1.54) is 14.2 Å². The Morgan fingerprint density at radius 3 is 2.64 bits per heavy atom. The van der Waals surface area contributed by atoms with Crippen LogP contribution in [0.25, 0.3) is 0 Å². The second-order valence-electron chi connectivity index (χ2n) is 5.58. The van der Waals surface area contributed by atoms with Gasteiger partial charge in [-0.05, 0) is 19.4 Å². The molecule has 5 nitrogen and oxygen atoms in total. The van der Waals surface area contributed by atoms with Gasteiger partial charge >= 0.3 is 0 Å². The number of ether oxygens (including phenoxy) is 2. The highest BCUT2D eigenvalue weighted by atomic mass is 35.5. The van der Waals surface area contributed by atoms with E-state index in [9.17, 15) is 10.2 Å². The number of β-amino-alcohol motifs (C(OH)–C–C–N with tert-alkyl or cyclic N) is 1. The van der Waals surface area contributed by atoms with E-state index in [-0.39, 0.29) is 6.61 Å². The van der Waals surface area contributed by atoms with E-state index in [0.717, 1.165) is 18.5 Å². The molecule has 0 aliphatic carbocycles. The summed E-state index contributed by atoms with van der Waals surface area (Å²) in [5.41, 5.74) is -0.337. The van der Waals surface area contributed by atoms with Crippen LogP contribution in [0, 0.1) is 0 Å². The summed E-state index contributed by atoms with van der Waals surface area (Å²) in [6.45, 7) is 1.41. The fourth-order valence-electron chi connectivity index (χ4n) is 2.80. The number of halogens is 2. The number of piperidine rings is 1. The zero-order chi connectivity index (χ0) is 16.3. The Morgan fingerprint density at radius 2 is 2.05 bits per heavy atom. The van der Waals surface area contributed by atoms with Crippen LogP contribution < -0.4 is 9.47 Å². The quantitative estimate of drug-likeness (QED) is 0.854. The van der Waals surface area contributed by atoms with Crippen molar-refractivity contribution in [2.75, 3.05) is 33.9 Å². The van der Waals surface area contributed by atoms with Gasteiger partial charge in [0.2, 0.25) is 0 Å². The number of nitrogens with zero attached hydrogens (tertiary/aromatic N) is 1. The van der Waals surface area contributed by atoms with Crippen LogP contribution in [0.4, 0.5) is 0 Å². The van der Waals surface area contributed by atoms with E-state index in [0.29, 0.717) is 41.1 Å². The molecule has 0 amide bonds. The predicted molar refractivity (Wildman–Crippen MR) is 86.1 cm³/mol. The van der Waals surface area contributed by atoms with Crippen LogP contribution in [-0.2, 0) is 6.54 Å². The molecular formula is C15H21Cl2NO4. The predicted octanol–water partition coefficient (Wildman–Crippen LogP) is 2.33. The third-order valence-electron chi connectivity index (χ3n) is 3.97. The van der Waals surface area contributed by atoms with E-state index >= 15 is 0 Å². The number of hydrogen-bond acceptors (Lipinski definition) is 5. The van der Waals surface area contributed by atoms with Gasteiger partial charge in [0.25, 0.3) is 0 Å². The minimum absolute atomic E-state index is 0.253. The summed E-state index contributed by atoms with van der Waals surface area (Å²) in [5, 5.41) is 20.5. The van der Waals surface area contributed by atoms with Crippen LogP contribution in [0.1, 0.15) is 18.4 Å². The molecule has 1 aliphatic heterocycles. The number of rotatable bonds is 5. The molecule has 0 spiro atoms. The van der Waals surface area contributed by atoms with Crippen molar-refractivity contribution >= 4 is 23.2 Å². The molecule has 1 saturated heterocycles. The van der Waals surface area contributed by atoms with Crippen molar-refractivity contribution in [3.8, 4) is 11.5 Å². The van der Waals surface area contributed by atoms with Gasteiger partial charge in [0.1, 0.15) is 5.60 Å². The van der Waals surface area contributed by atoms with Gasteiger partial charge in [0.05, 0.1) is 30.9 Å². The Morgan fingerprint density at radius 1 is 1.32 bits per heavy atom. The lowest BCUT2D eigenvalue weighted by Gasteiger charge is -2.38. The zero-order valence-electron chi connectivity index (χ0n) is 12.7. The summed E-state index contributed by atoms with van der Waals surface area (Å²) in [6, 6.07) is 1.67. The van der Waals surface area contributed by atoms with Crippen molar-refractivity contribution in [3.05, 3.63) is 21.7 Å². The highest BCUT2D eigenvalue weighted by Gasteiger charge is 2.33. The molecule has 1 aromatic carbocycles. The Bertz CT molecular complexity index is 541. The number of likely N-dealkylation sites (tertiary alicyclic amines) is 1. The van der Waals surface area contributed by atoms with Crippen LogP contribution in [-0.4, -0.2) is 54.6 Å². The molecule has 0 unspecified atom stereocenters. The Labute approximate surface area is 140 Å². The normalized spacial score (nSPS) is 22.6. The van der Waals surface area contributed by atoms with Crippen LogP contribution in [0.3, 0.4) is 0 Å². The summed E-state index contributed by atoms with van der Waals surface area (Å²) in [5.74, 6) is 0.921. The lowest BCUT2D eigenvalue weighted by Crippen LogP contribution is -2.50. The largest absolute Gasteiger partial charge is 0.493 e. The standard InChI is InChI=1S/C15H21Cl2NO4/c1-21-12-6-11(16)10(13(17)14(12)22-2)7-18-5-3-4-15(20,8-18)9-19/h6,19-20H,3-5,7-9H2,1-2H3/t15-/m0/s1. The SMILES string of the molecule is COc1cc(Cl)c(CN2CCC[C@@](O)(CO)C2)c(Cl)c1OC. The number of aliphatic hydroxyl groups excluding tert-OH is 1. The van der Waals surface area contributed by atoms with Gasteiger partial charge < -0.3 is 19.7 Å². The zero-order valence-corrected chi connectivity index (χ0v) is 14.2. The summed E-state index contributed by atoms with van der Waals surface area (Å²) in [7, 11) is 3.04.